The van der Waals surface area contributed by atoms with Crippen molar-refractivity contribution in [3.8, 4) is 5.69 Å². The van der Waals surface area contributed by atoms with Gasteiger partial charge >= 0.3 is 0 Å². The van der Waals surface area contributed by atoms with E-state index in [2.05, 4.69) is 150 Å². The Bertz CT molecular complexity index is 1990. The van der Waals surface area contributed by atoms with Crippen LogP contribution in [0.5, 0.6) is 0 Å². The Kier molecular flexibility index (Phi) is 4.81. The lowest BCUT2D eigenvalue weighted by Crippen LogP contribution is -2.18. The smallest absolute Gasteiger partial charge is 0.0592 e. The molecule has 0 fully saturated rings. The molecule has 0 radical (unpaired) electrons. The summed E-state index contributed by atoms with van der Waals surface area (Å²) in [5, 5.41) is 4.94. The lowest BCUT2D eigenvalue weighted by Gasteiger charge is -2.29. The van der Waals surface area contributed by atoms with Crippen LogP contribution in [-0.2, 0) is 0 Å². The molecule has 2 nitrogen and oxygen atoms in total. The van der Waals surface area contributed by atoms with Gasteiger partial charge in [0.25, 0.3) is 0 Å². The number of nitrogens with zero attached hydrogens (tertiary/aromatic N) is 2. The molecule has 0 saturated carbocycles. The van der Waals surface area contributed by atoms with Gasteiger partial charge in [-0.15, -0.1) is 0 Å². The van der Waals surface area contributed by atoms with E-state index in [4.69, 9.17) is 0 Å². The minimum atomic E-state index is 0.195. The van der Waals surface area contributed by atoms with E-state index in [1.807, 2.05) is 6.07 Å². The summed E-state index contributed by atoms with van der Waals surface area (Å²) in [6, 6.07) is 46.0. The molecule has 8 rings (SSSR count). The van der Waals surface area contributed by atoms with Gasteiger partial charge in [-0.25, -0.2) is 0 Å². The van der Waals surface area contributed by atoms with E-state index in [0.717, 1.165) is 5.39 Å². The highest BCUT2D eigenvalue weighted by Gasteiger charge is 2.27. The third-order valence-corrected chi connectivity index (χ3v) is 8.37. The summed E-state index contributed by atoms with van der Waals surface area (Å²) in [6.45, 7) is 2.35. The summed E-state index contributed by atoms with van der Waals surface area (Å²) >= 11 is 0. The number of benzene rings is 4. The van der Waals surface area contributed by atoms with E-state index >= 15 is 0 Å². The predicted molar refractivity (Wildman–Crippen MR) is 163 cm³/mol. The van der Waals surface area contributed by atoms with Crippen molar-refractivity contribution in [1.29, 1.82) is 0 Å². The Morgan fingerprint density at radius 3 is 2.13 bits per heavy atom. The Hall–Kier alpha value is -5.00. The number of allylic oxidation sites excluding steroid dienone is 4. The van der Waals surface area contributed by atoms with Gasteiger partial charge in [-0.1, -0.05) is 104 Å². The standard InChI is InChI=1S/C37H26N2/c1-25-28(18-11-23-33(25)39-36-21-8-4-16-31(36)32-17-5-9-22-37(32)39)26-12-10-13-27(24-26)38-34-19-6-2-14-29(34)30-15-3-7-20-35(30)38/h2-4,6-16,18-25,33H,1H3. The molecule has 0 amide bonds. The lowest BCUT2D eigenvalue weighted by atomic mass is 9.84. The summed E-state index contributed by atoms with van der Waals surface area (Å²) in [6.07, 6.45) is 6.86. The first-order valence-corrected chi connectivity index (χ1v) is 13.6. The van der Waals surface area contributed by atoms with Crippen LogP contribution in [0, 0.1) is 18.1 Å². The van der Waals surface area contributed by atoms with Gasteiger partial charge in [0.05, 0.1) is 33.5 Å². The minimum Gasteiger partial charge on any atom is -0.332 e. The highest BCUT2D eigenvalue weighted by atomic mass is 15.0. The van der Waals surface area contributed by atoms with E-state index in [1.54, 1.807) is 0 Å². The molecule has 0 aliphatic heterocycles. The normalized spacial score (nSPS) is 17.2. The predicted octanol–water partition coefficient (Wildman–Crippen LogP) is 9.32. The summed E-state index contributed by atoms with van der Waals surface area (Å²) in [5.41, 5.74) is 8.71. The Labute approximate surface area is 227 Å². The Balaban J connectivity index is 1.26. The van der Waals surface area contributed by atoms with Gasteiger partial charge in [-0.05, 0) is 53.6 Å². The summed E-state index contributed by atoms with van der Waals surface area (Å²) in [5.74, 6) is 0.284. The van der Waals surface area contributed by atoms with Gasteiger partial charge in [0.15, 0.2) is 0 Å². The van der Waals surface area contributed by atoms with Gasteiger partial charge in [-0.3, -0.25) is 0 Å². The SMILES string of the molecule is CC1C(c2cccc(-n3c4ccccc4c4ccccc43)c2)=CC=CC1n1c2ccc#cc2c2ccccc21. The first kappa shape index (κ1) is 22.0. The minimum absolute atomic E-state index is 0.195. The van der Waals surface area contributed by atoms with Crippen molar-refractivity contribution in [2.75, 3.05) is 0 Å². The molecule has 2 atom stereocenters. The molecule has 0 N–H and O–H groups in total. The fourth-order valence-corrected chi connectivity index (χ4v) is 6.60. The zero-order valence-electron chi connectivity index (χ0n) is 21.7. The highest BCUT2D eigenvalue weighted by Crippen LogP contribution is 2.41. The van der Waals surface area contributed by atoms with E-state index < -0.39 is 0 Å². The fourth-order valence-electron chi connectivity index (χ4n) is 6.60. The lowest BCUT2D eigenvalue weighted by molar-refractivity contribution is 0.523. The molecule has 2 heteroatoms. The molecule has 7 aromatic rings. The molecular weight excluding hydrogens is 472 g/mol. The molecule has 2 aromatic heterocycles. The number of para-hydroxylation sites is 3. The van der Waals surface area contributed by atoms with Crippen LogP contribution in [0.4, 0.5) is 0 Å². The van der Waals surface area contributed by atoms with Gasteiger partial charge in [-0.2, -0.15) is 0 Å². The van der Waals surface area contributed by atoms with Gasteiger partial charge < -0.3 is 9.13 Å². The summed E-state index contributed by atoms with van der Waals surface area (Å²) in [4.78, 5) is 0. The molecule has 39 heavy (non-hydrogen) atoms. The second-order valence-corrected chi connectivity index (χ2v) is 10.5. The van der Waals surface area contributed by atoms with Crippen molar-refractivity contribution >= 4 is 49.2 Å². The molecular formula is C37H26N2. The van der Waals surface area contributed by atoms with E-state index in [0.29, 0.717) is 0 Å². The number of hydrogen-bond acceptors (Lipinski definition) is 0. The monoisotopic (exact) mass is 498 g/mol. The van der Waals surface area contributed by atoms with Crippen LogP contribution in [0.3, 0.4) is 0 Å². The first-order valence-electron chi connectivity index (χ1n) is 13.6. The number of rotatable bonds is 3. The van der Waals surface area contributed by atoms with Crippen LogP contribution in [0.2, 0.25) is 0 Å². The zero-order chi connectivity index (χ0) is 25.9. The second-order valence-electron chi connectivity index (χ2n) is 10.5. The first-order chi connectivity index (χ1) is 19.3. The van der Waals surface area contributed by atoms with Crippen LogP contribution in [0.15, 0.2) is 127 Å². The quantitative estimate of drug-likeness (QED) is 0.230. The summed E-state index contributed by atoms with van der Waals surface area (Å²) in [7, 11) is 0. The van der Waals surface area contributed by atoms with E-state index in [-0.39, 0.29) is 12.0 Å². The van der Waals surface area contributed by atoms with Crippen molar-refractivity contribution in [1.82, 2.24) is 9.13 Å². The maximum absolute atomic E-state index is 3.38. The molecule has 0 saturated heterocycles. The largest absolute Gasteiger partial charge is 0.332 e. The topological polar surface area (TPSA) is 9.86 Å². The molecule has 1 aliphatic carbocycles. The van der Waals surface area contributed by atoms with Crippen molar-refractivity contribution < 1.29 is 0 Å². The van der Waals surface area contributed by atoms with Crippen molar-refractivity contribution in [3.63, 3.8) is 0 Å². The Morgan fingerprint density at radius 1 is 0.667 bits per heavy atom. The molecule has 0 spiro atoms. The highest BCUT2D eigenvalue weighted by molar-refractivity contribution is 6.09. The Morgan fingerprint density at radius 2 is 1.36 bits per heavy atom. The van der Waals surface area contributed by atoms with Gasteiger partial charge in [0.2, 0.25) is 0 Å². The van der Waals surface area contributed by atoms with Crippen LogP contribution in [0.1, 0.15) is 18.5 Å². The molecule has 5 aromatic carbocycles. The average molecular weight is 499 g/mol. The maximum atomic E-state index is 3.38. The number of fused-ring (bicyclic) bond motifs is 6. The van der Waals surface area contributed by atoms with Crippen molar-refractivity contribution in [2.24, 2.45) is 5.92 Å². The van der Waals surface area contributed by atoms with Crippen LogP contribution in [-0.4, -0.2) is 9.13 Å². The molecule has 2 unspecified atom stereocenters. The van der Waals surface area contributed by atoms with Gasteiger partial charge in [0.1, 0.15) is 0 Å². The fraction of sp³-hybridized carbons (Fsp3) is 0.0811. The molecule has 1 aliphatic rings. The second kappa shape index (κ2) is 8.51. The van der Waals surface area contributed by atoms with Crippen LogP contribution >= 0.6 is 0 Å². The summed E-state index contributed by atoms with van der Waals surface area (Å²) < 4.78 is 4.88. The maximum Gasteiger partial charge on any atom is 0.0592 e. The van der Waals surface area contributed by atoms with E-state index in [1.165, 1.54) is 55.0 Å². The van der Waals surface area contributed by atoms with Crippen LogP contribution in [0.25, 0.3) is 54.9 Å². The number of hydrogen-bond donors (Lipinski definition) is 0. The van der Waals surface area contributed by atoms with Crippen LogP contribution < -0.4 is 0 Å². The number of aromatic nitrogens is 2. The third kappa shape index (κ3) is 3.24. The van der Waals surface area contributed by atoms with Gasteiger partial charge in [0, 0.05) is 27.8 Å². The third-order valence-electron chi connectivity index (χ3n) is 8.37. The zero-order valence-corrected chi connectivity index (χ0v) is 21.7. The molecule has 0 bridgehead atoms. The molecule has 184 valence electrons. The van der Waals surface area contributed by atoms with Crippen molar-refractivity contribution in [3.05, 3.63) is 145 Å². The van der Waals surface area contributed by atoms with Crippen molar-refractivity contribution in [2.45, 2.75) is 13.0 Å². The average Bonchev–Trinajstić information content (AvgIpc) is 3.51. The van der Waals surface area contributed by atoms with E-state index in [9.17, 15) is 0 Å². The molecule has 2 heterocycles.